The topological polar surface area (TPSA) is 110 Å². The van der Waals surface area contributed by atoms with Crippen LogP contribution in [0.5, 0.6) is 0 Å². The molecule has 0 aliphatic heterocycles. The lowest BCUT2D eigenvalue weighted by atomic mass is 10.4. The highest BCUT2D eigenvalue weighted by molar-refractivity contribution is 7.88. The van der Waals surface area contributed by atoms with Gasteiger partial charge in [-0.2, -0.15) is 5.10 Å². The Hall–Kier alpha value is -1.61. The fourth-order valence-corrected chi connectivity index (χ4v) is 2.64. The second-order valence-electron chi connectivity index (χ2n) is 4.40. The number of nitrogens with two attached hydrogens (primary N) is 1. The van der Waals surface area contributed by atoms with E-state index in [4.69, 9.17) is 5.73 Å². The van der Waals surface area contributed by atoms with E-state index in [9.17, 15) is 13.2 Å². The van der Waals surface area contributed by atoms with Crippen LogP contribution in [0.4, 0.5) is 5.82 Å². The average Bonchev–Trinajstić information content (AvgIpc) is 2.73. The van der Waals surface area contributed by atoms with Gasteiger partial charge in [-0.1, -0.05) is 6.92 Å². The highest BCUT2D eigenvalue weighted by Crippen LogP contribution is 1.98. The molecule has 0 unspecified atom stereocenters. The monoisotopic (exact) mass is 303 g/mol. The summed E-state index contributed by atoms with van der Waals surface area (Å²) in [6.07, 6.45) is 3.36. The fourth-order valence-electron chi connectivity index (χ4n) is 1.71. The Kier molecular flexibility index (Phi) is 5.96. The minimum absolute atomic E-state index is 0.0980. The summed E-state index contributed by atoms with van der Waals surface area (Å²) in [5.41, 5.74) is 5.44. The fraction of sp³-hybridized carbons (Fsp3) is 0.636. The molecule has 8 nitrogen and oxygen atoms in total. The van der Waals surface area contributed by atoms with Crippen molar-refractivity contribution in [2.45, 2.75) is 19.9 Å². The molecule has 0 atom stereocenters. The lowest BCUT2D eigenvalue weighted by molar-refractivity contribution is -0.121. The third-order valence-corrected chi connectivity index (χ3v) is 4.07. The first kappa shape index (κ1) is 16.4. The number of amides is 1. The number of nitrogen functional groups attached to an aromatic ring is 1. The van der Waals surface area contributed by atoms with E-state index in [1.807, 2.05) is 0 Å². The van der Waals surface area contributed by atoms with Gasteiger partial charge in [0.1, 0.15) is 12.4 Å². The molecule has 0 aliphatic carbocycles. The lowest BCUT2D eigenvalue weighted by Crippen LogP contribution is -2.34. The quantitative estimate of drug-likeness (QED) is 0.614. The van der Waals surface area contributed by atoms with Gasteiger partial charge in [0, 0.05) is 25.8 Å². The van der Waals surface area contributed by atoms with Crippen LogP contribution in [-0.4, -0.2) is 54.3 Å². The normalized spacial score (nSPS) is 11.8. The van der Waals surface area contributed by atoms with Gasteiger partial charge < -0.3 is 11.1 Å². The summed E-state index contributed by atoms with van der Waals surface area (Å²) in [5, 5.41) is 6.61. The van der Waals surface area contributed by atoms with Crippen molar-refractivity contribution in [1.29, 1.82) is 0 Å². The van der Waals surface area contributed by atoms with Gasteiger partial charge in [-0.25, -0.2) is 12.7 Å². The summed E-state index contributed by atoms with van der Waals surface area (Å²) in [6, 6.07) is 1.61. The van der Waals surface area contributed by atoms with Crippen LogP contribution in [0.15, 0.2) is 12.3 Å². The van der Waals surface area contributed by atoms with Gasteiger partial charge in [-0.05, 0) is 12.5 Å². The maximum atomic E-state index is 11.6. The number of aromatic nitrogens is 2. The van der Waals surface area contributed by atoms with Gasteiger partial charge in [-0.15, -0.1) is 0 Å². The van der Waals surface area contributed by atoms with Gasteiger partial charge >= 0.3 is 0 Å². The molecule has 1 aromatic rings. The Morgan fingerprint density at radius 1 is 1.55 bits per heavy atom. The molecule has 114 valence electrons. The van der Waals surface area contributed by atoms with E-state index >= 15 is 0 Å². The second kappa shape index (κ2) is 7.25. The zero-order chi connectivity index (χ0) is 15.2. The number of carbonyl (C=O) groups excluding carboxylic acids is 1. The molecule has 0 bridgehead atoms. The predicted molar refractivity (Wildman–Crippen MR) is 76.4 cm³/mol. The van der Waals surface area contributed by atoms with Crippen LogP contribution in [0, 0.1) is 0 Å². The molecular weight excluding hydrogens is 282 g/mol. The summed E-state index contributed by atoms with van der Waals surface area (Å²) in [5.74, 6) is 0.181. The maximum Gasteiger partial charge on any atom is 0.241 e. The van der Waals surface area contributed by atoms with E-state index in [1.165, 1.54) is 15.2 Å². The predicted octanol–water partition coefficient (Wildman–Crippen LogP) is -0.747. The minimum Gasteiger partial charge on any atom is -0.382 e. The Labute approximate surface area is 119 Å². The minimum atomic E-state index is -3.17. The number of sulfonamides is 1. The summed E-state index contributed by atoms with van der Waals surface area (Å²) < 4.78 is 25.5. The third-order valence-electron chi connectivity index (χ3n) is 2.70. The highest BCUT2D eigenvalue weighted by Gasteiger charge is 2.13. The molecule has 3 N–H and O–H groups in total. The van der Waals surface area contributed by atoms with Crippen molar-refractivity contribution < 1.29 is 13.2 Å². The number of hydrogen-bond donors (Lipinski definition) is 2. The van der Waals surface area contributed by atoms with Crippen LogP contribution in [-0.2, 0) is 21.4 Å². The van der Waals surface area contributed by atoms with Crippen LogP contribution in [0.25, 0.3) is 0 Å². The first-order valence-corrected chi connectivity index (χ1v) is 8.18. The number of carbonyl (C=O) groups is 1. The van der Waals surface area contributed by atoms with Crippen LogP contribution in [0.2, 0.25) is 0 Å². The van der Waals surface area contributed by atoms with Crippen molar-refractivity contribution in [2.75, 3.05) is 31.6 Å². The molecule has 0 fully saturated rings. The van der Waals surface area contributed by atoms with Gasteiger partial charge in [0.2, 0.25) is 15.9 Å². The standard InChI is InChI=1S/C11H21N5O3S/c1-3-16(20(2,18)19)7-4-6-13-11(17)9-15-8-5-10(12)14-15/h5,8H,3-4,6-7,9H2,1-2H3,(H2,12,14)(H,13,17). The van der Waals surface area contributed by atoms with Crippen molar-refractivity contribution >= 4 is 21.7 Å². The molecule has 1 rings (SSSR count). The van der Waals surface area contributed by atoms with Crippen LogP contribution in [0.1, 0.15) is 13.3 Å². The lowest BCUT2D eigenvalue weighted by Gasteiger charge is -2.17. The SMILES string of the molecule is CCN(CCCNC(=O)Cn1ccc(N)n1)S(C)(=O)=O. The zero-order valence-electron chi connectivity index (χ0n) is 11.7. The largest absolute Gasteiger partial charge is 0.382 e. The van der Waals surface area contributed by atoms with Crippen molar-refractivity contribution in [1.82, 2.24) is 19.4 Å². The highest BCUT2D eigenvalue weighted by atomic mass is 32.2. The van der Waals surface area contributed by atoms with Gasteiger partial charge in [-0.3, -0.25) is 9.48 Å². The Morgan fingerprint density at radius 2 is 2.25 bits per heavy atom. The molecule has 1 aromatic heterocycles. The van der Waals surface area contributed by atoms with Crippen LogP contribution < -0.4 is 11.1 Å². The van der Waals surface area contributed by atoms with Gasteiger partial charge in [0.05, 0.1) is 6.26 Å². The molecule has 1 heterocycles. The molecule has 9 heteroatoms. The Balaban J connectivity index is 2.25. The van der Waals surface area contributed by atoms with E-state index < -0.39 is 10.0 Å². The van der Waals surface area contributed by atoms with Crippen molar-refractivity contribution in [3.05, 3.63) is 12.3 Å². The van der Waals surface area contributed by atoms with Gasteiger partial charge in [0.25, 0.3) is 0 Å². The summed E-state index contributed by atoms with van der Waals surface area (Å²) in [4.78, 5) is 11.6. The summed E-state index contributed by atoms with van der Waals surface area (Å²) in [7, 11) is -3.17. The van der Waals surface area contributed by atoms with Crippen LogP contribution >= 0.6 is 0 Å². The molecule has 1 amide bonds. The van der Waals surface area contributed by atoms with Crippen molar-refractivity contribution in [3.63, 3.8) is 0 Å². The smallest absolute Gasteiger partial charge is 0.241 e. The second-order valence-corrected chi connectivity index (χ2v) is 6.38. The van der Waals surface area contributed by atoms with E-state index in [-0.39, 0.29) is 12.5 Å². The third kappa shape index (κ3) is 5.57. The first-order chi connectivity index (χ1) is 9.32. The Morgan fingerprint density at radius 3 is 2.75 bits per heavy atom. The van der Waals surface area contributed by atoms with Crippen molar-refractivity contribution in [3.8, 4) is 0 Å². The maximum absolute atomic E-state index is 11.6. The summed E-state index contributed by atoms with van der Waals surface area (Å²) in [6.45, 7) is 3.12. The number of hydrogen-bond acceptors (Lipinski definition) is 5. The number of rotatable bonds is 8. The molecular formula is C11H21N5O3S. The molecule has 0 saturated carbocycles. The van der Waals surface area contributed by atoms with Crippen LogP contribution in [0.3, 0.4) is 0 Å². The number of anilines is 1. The molecule has 20 heavy (non-hydrogen) atoms. The van der Waals surface area contributed by atoms with Crippen molar-refractivity contribution in [2.24, 2.45) is 0 Å². The number of nitrogens with zero attached hydrogens (tertiary/aromatic N) is 3. The molecule has 0 radical (unpaired) electrons. The molecule has 0 aliphatic rings. The first-order valence-electron chi connectivity index (χ1n) is 6.33. The van der Waals surface area contributed by atoms with E-state index in [0.717, 1.165) is 0 Å². The number of nitrogens with one attached hydrogen (secondary N) is 1. The summed E-state index contributed by atoms with van der Waals surface area (Å²) >= 11 is 0. The zero-order valence-corrected chi connectivity index (χ0v) is 12.6. The molecule has 0 aromatic carbocycles. The Bertz CT molecular complexity index is 540. The van der Waals surface area contributed by atoms with Gasteiger partial charge in [0.15, 0.2) is 0 Å². The average molecular weight is 303 g/mol. The van der Waals surface area contributed by atoms with E-state index in [2.05, 4.69) is 10.4 Å². The molecule has 0 spiro atoms. The van der Waals surface area contributed by atoms with E-state index in [0.29, 0.717) is 31.9 Å². The van der Waals surface area contributed by atoms with E-state index in [1.54, 1.807) is 19.2 Å². The molecule has 0 saturated heterocycles.